The second-order valence-corrected chi connectivity index (χ2v) is 4.68. The number of pyridine rings is 1. The van der Waals surface area contributed by atoms with Gasteiger partial charge in [-0.1, -0.05) is 33.6 Å². The highest BCUT2D eigenvalue weighted by Gasteiger charge is 2.14. The first-order chi connectivity index (χ1) is 7.68. The highest BCUT2D eigenvalue weighted by Crippen LogP contribution is 2.30. The molecule has 0 bridgehead atoms. The molecule has 1 unspecified atom stereocenters. The van der Waals surface area contributed by atoms with Gasteiger partial charge in [-0.15, -0.1) is 0 Å². The molecule has 16 heavy (non-hydrogen) atoms. The molecule has 2 nitrogen and oxygen atoms in total. The molecule has 0 radical (unpaired) electrons. The summed E-state index contributed by atoms with van der Waals surface area (Å²) in [6.07, 6.45) is 2.54. The van der Waals surface area contributed by atoms with Gasteiger partial charge in [0.1, 0.15) is 6.10 Å². The third-order valence-corrected chi connectivity index (χ3v) is 3.09. The standard InChI is InChI=1S/C12H9BrClNO/c13-9-3-4-11(14)10(6-9)12(16)8-2-1-5-15-7-8/h1-7,12,16H. The molecule has 0 fully saturated rings. The van der Waals surface area contributed by atoms with Crippen LogP contribution >= 0.6 is 27.5 Å². The Morgan fingerprint density at radius 3 is 2.81 bits per heavy atom. The fourth-order valence-corrected chi connectivity index (χ4v) is 2.04. The van der Waals surface area contributed by atoms with E-state index in [1.165, 1.54) is 0 Å². The number of hydrogen-bond acceptors (Lipinski definition) is 2. The van der Waals surface area contributed by atoms with E-state index in [0.717, 1.165) is 10.0 Å². The minimum atomic E-state index is -0.751. The molecule has 1 atom stereocenters. The van der Waals surface area contributed by atoms with Crippen LogP contribution in [0.3, 0.4) is 0 Å². The van der Waals surface area contributed by atoms with E-state index in [1.54, 1.807) is 30.6 Å². The molecular formula is C12H9BrClNO. The summed E-state index contributed by atoms with van der Waals surface area (Å²) >= 11 is 9.39. The Morgan fingerprint density at radius 2 is 2.12 bits per heavy atom. The third-order valence-electron chi connectivity index (χ3n) is 2.25. The summed E-state index contributed by atoms with van der Waals surface area (Å²) in [6, 6.07) is 8.99. The largest absolute Gasteiger partial charge is 0.384 e. The monoisotopic (exact) mass is 297 g/mol. The van der Waals surface area contributed by atoms with Crippen molar-refractivity contribution in [2.24, 2.45) is 0 Å². The summed E-state index contributed by atoms with van der Waals surface area (Å²) in [6.45, 7) is 0. The van der Waals surface area contributed by atoms with Crippen molar-refractivity contribution in [3.63, 3.8) is 0 Å². The quantitative estimate of drug-likeness (QED) is 0.919. The zero-order chi connectivity index (χ0) is 11.5. The van der Waals surface area contributed by atoms with Crippen LogP contribution in [0.4, 0.5) is 0 Å². The lowest BCUT2D eigenvalue weighted by Crippen LogP contribution is -2.00. The van der Waals surface area contributed by atoms with Gasteiger partial charge in [-0.25, -0.2) is 0 Å². The predicted molar refractivity (Wildman–Crippen MR) is 67.5 cm³/mol. The summed E-state index contributed by atoms with van der Waals surface area (Å²) in [5, 5.41) is 10.7. The first-order valence-electron chi connectivity index (χ1n) is 4.71. The minimum Gasteiger partial charge on any atom is -0.384 e. The molecule has 1 heterocycles. The average Bonchev–Trinajstić information content (AvgIpc) is 2.32. The molecule has 0 aliphatic heterocycles. The number of rotatable bonds is 2. The Kier molecular flexibility index (Phi) is 3.59. The van der Waals surface area contributed by atoms with Crippen molar-refractivity contribution in [3.8, 4) is 0 Å². The summed E-state index contributed by atoms with van der Waals surface area (Å²) in [4.78, 5) is 3.97. The maximum Gasteiger partial charge on any atom is 0.107 e. The summed E-state index contributed by atoms with van der Waals surface area (Å²) in [5.41, 5.74) is 1.39. The normalized spacial score (nSPS) is 12.4. The molecule has 4 heteroatoms. The number of aromatic nitrogens is 1. The molecule has 2 rings (SSSR count). The topological polar surface area (TPSA) is 33.1 Å². The van der Waals surface area contributed by atoms with Crippen LogP contribution in [0.25, 0.3) is 0 Å². The van der Waals surface area contributed by atoms with Crippen LogP contribution in [0.2, 0.25) is 5.02 Å². The van der Waals surface area contributed by atoms with Crippen LogP contribution in [0, 0.1) is 0 Å². The number of aliphatic hydroxyl groups is 1. The molecular weight excluding hydrogens is 289 g/mol. The highest BCUT2D eigenvalue weighted by molar-refractivity contribution is 9.10. The zero-order valence-electron chi connectivity index (χ0n) is 8.27. The molecule has 0 spiro atoms. The lowest BCUT2D eigenvalue weighted by molar-refractivity contribution is 0.220. The van der Waals surface area contributed by atoms with Crippen LogP contribution in [0.1, 0.15) is 17.2 Å². The molecule has 82 valence electrons. The van der Waals surface area contributed by atoms with Crippen LogP contribution in [0.15, 0.2) is 47.2 Å². The maximum absolute atomic E-state index is 10.2. The van der Waals surface area contributed by atoms with Crippen molar-refractivity contribution in [2.75, 3.05) is 0 Å². The van der Waals surface area contributed by atoms with Crippen molar-refractivity contribution < 1.29 is 5.11 Å². The minimum absolute atomic E-state index is 0.541. The molecule has 1 aromatic carbocycles. The van der Waals surface area contributed by atoms with Crippen LogP contribution in [-0.2, 0) is 0 Å². The van der Waals surface area contributed by atoms with Crippen LogP contribution in [0.5, 0.6) is 0 Å². The van der Waals surface area contributed by atoms with Crippen molar-refractivity contribution in [1.29, 1.82) is 0 Å². The van der Waals surface area contributed by atoms with Crippen LogP contribution < -0.4 is 0 Å². The summed E-state index contributed by atoms with van der Waals surface area (Å²) in [5.74, 6) is 0. The van der Waals surface area contributed by atoms with Gasteiger partial charge in [0.05, 0.1) is 0 Å². The second-order valence-electron chi connectivity index (χ2n) is 3.35. The van der Waals surface area contributed by atoms with E-state index in [0.29, 0.717) is 10.6 Å². The number of halogens is 2. The third kappa shape index (κ3) is 2.43. The molecule has 0 saturated heterocycles. The van der Waals surface area contributed by atoms with E-state index in [-0.39, 0.29) is 0 Å². The van der Waals surface area contributed by atoms with Crippen molar-refractivity contribution in [1.82, 2.24) is 4.98 Å². The van der Waals surface area contributed by atoms with E-state index in [4.69, 9.17) is 11.6 Å². The first-order valence-corrected chi connectivity index (χ1v) is 5.88. The van der Waals surface area contributed by atoms with Gasteiger partial charge >= 0.3 is 0 Å². The molecule has 2 aromatic rings. The van der Waals surface area contributed by atoms with Gasteiger partial charge in [-0.3, -0.25) is 4.98 Å². The number of hydrogen-bond donors (Lipinski definition) is 1. The molecule has 0 amide bonds. The average molecular weight is 299 g/mol. The van der Waals surface area contributed by atoms with Gasteiger partial charge < -0.3 is 5.11 Å². The van der Waals surface area contributed by atoms with Gasteiger partial charge in [0.25, 0.3) is 0 Å². The molecule has 1 N–H and O–H groups in total. The molecule has 1 aromatic heterocycles. The van der Waals surface area contributed by atoms with E-state index in [2.05, 4.69) is 20.9 Å². The van der Waals surface area contributed by atoms with Crippen LogP contribution in [-0.4, -0.2) is 10.1 Å². The van der Waals surface area contributed by atoms with Gasteiger partial charge in [-0.2, -0.15) is 0 Å². The number of aliphatic hydroxyl groups excluding tert-OH is 1. The van der Waals surface area contributed by atoms with Gasteiger partial charge in [0.15, 0.2) is 0 Å². The Bertz CT molecular complexity index is 490. The van der Waals surface area contributed by atoms with Crippen molar-refractivity contribution in [2.45, 2.75) is 6.10 Å². The first kappa shape index (κ1) is 11.6. The SMILES string of the molecule is OC(c1cccnc1)c1cc(Br)ccc1Cl. The Hall–Kier alpha value is -0.900. The summed E-state index contributed by atoms with van der Waals surface area (Å²) < 4.78 is 0.884. The predicted octanol–water partition coefficient (Wildman–Crippen LogP) is 3.58. The number of benzene rings is 1. The van der Waals surface area contributed by atoms with Gasteiger partial charge in [0.2, 0.25) is 0 Å². The van der Waals surface area contributed by atoms with E-state index in [9.17, 15) is 5.11 Å². The number of nitrogens with zero attached hydrogens (tertiary/aromatic N) is 1. The zero-order valence-corrected chi connectivity index (χ0v) is 10.6. The summed E-state index contributed by atoms with van der Waals surface area (Å²) in [7, 11) is 0. The smallest absolute Gasteiger partial charge is 0.107 e. The lowest BCUT2D eigenvalue weighted by Gasteiger charge is -2.12. The molecule has 0 saturated carbocycles. The second kappa shape index (κ2) is 4.95. The Balaban J connectivity index is 2.41. The van der Waals surface area contributed by atoms with E-state index < -0.39 is 6.10 Å². The lowest BCUT2D eigenvalue weighted by atomic mass is 10.0. The molecule has 0 aliphatic carbocycles. The van der Waals surface area contributed by atoms with Crippen molar-refractivity contribution in [3.05, 3.63) is 63.3 Å². The Labute approximate surface area is 107 Å². The fourth-order valence-electron chi connectivity index (χ4n) is 1.44. The highest BCUT2D eigenvalue weighted by atomic mass is 79.9. The molecule has 0 aliphatic rings. The van der Waals surface area contributed by atoms with Gasteiger partial charge in [-0.05, 0) is 24.3 Å². The van der Waals surface area contributed by atoms with E-state index >= 15 is 0 Å². The van der Waals surface area contributed by atoms with Crippen molar-refractivity contribution >= 4 is 27.5 Å². The Morgan fingerprint density at radius 1 is 1.31 bits per heavy atom. The van der Waals surface area contributed by atoms with E-state index in [1.807, 2.05) is 12.1 Å². The maximum atomic E-state index is 10.2. The fraction of sp³-hybridized carbons (Fsp3) is 0.0833. The van der Waals surface area contributed by atoms with Gasteiger partial charge in [0, 0.05) is 33.0 Å².